The second-order valence-corrected chi connectivity index (χ2v) is 11.1. The SMILES string of the molecule is CCCCC(CC)CNC(=O)c1ccccc1N1C(=O)C2Cc3c([nH]c4ccccc34)C(c3ccccc3)N2C1=O. The van der Waals surface area contributed by atoms with Gasteiger partial charge in [0.15, 0.2) is 0 Å². The zero-order valence-electron chi connectivity index (χ0n) is 23.6. The quantitative estimate of drug-likeness (QED) is 0.231. The first kappa shape index (κ1) is 26.8. The number of aromatic amines is 1. The molecule has 0 saturated carbocycles. The highest BCUT2D eigenvalue weighted by molar-refractivity contribution is 6.24. The molecule has 41 heavy (non-hydrogen) atoms. The van der Waals surface area contributed by atoms with Crippen LogP contribution in [0, 0.1) is 5.92 Å². The highest BCUT2D eigenvalue weighted by Crippen LogP contribution is 2.45. The van der Waals surface area contributed by atoms with Crippen LogP contribution >= 0.6 is 0 Å². The molecule has 3 aromatic carbocycles. The Balaban J connectivity index is 1.36. The fourth-order valence-electron chi connectivity index (χ4n) is 6.41. The van der Waals surface area contributed by atoms with Gasteiger partial charge in [0.25, 0.3) is 11.8 Å². The van der Waals surface area contributed by atoms with Crippen LogP contribution in [0.4, 0.5) is 10.5 Å². The largest absolute Gasteiger partial charge is 0.356 e. The molecule has 3 atom stereocenters. The van der Waals surface area contributed by atoms with Gasteiger partial charge in [-0.3, -0.25) is 14.5 Å². The number of benzene rings is 3. The number of amides is 4. The van der Waals surface area contributed by atoms with Crippen molar-refractivity contribution < 1.29 is 14.4 Å². The van der Waals surface area contributed by atoms with Crippen LogP contribution in [0.5, 0.6) is 0 Å². The summed E-state index contributed by atoms with van der Waals surface area (Å²) in [6, 6.07) is 23.3. The van der Waals surface area contributed by atoms with E-state index in [1.54, 1.807) is 29.2 Å². The summed E-state index contributed by atoms with van der Waals surface area (Å²) in [5.74, 6) is -0.177. The molecular formula is C34H36N4O3. The molecule has 1 fully saturated rings. The number of imide groups is 1. The topological polar surface area (TPSA) is 85.5 Å². The third-order valence-electron chi connectivity index (χ3n) is 8.65. The van der Waals surface area contributed by atoms with Crippen LogP contribution in [0.1, 0.15) is 72.8 Å². The summed E-state index contributed by atoms with van der Waals surface area (Å²) in [7, 11) is 0. The van der Waals surface area contributed by atoms with Crippen LogP contribution in [0.25, 0.3) is 10.9 Å². The number of fused-ring (bicyclic) bond motifs is 4. The number of nitrogens with one attached hydrogen (secondary N) is 2. The van der Waals surface area contributed by atoms with Gasteiger partial charge in [-0.25, -0.2) is 9.69 Å². The number of H-pyrrole nitrogens is 1. The number of aromatic nitrogens is 1. The molecule has 0 spiro atoms. The molecule has 0 aliphatic carbocycles. The zero-order valence-corrected chi connectivity index (χ0v) is 23.6. The second-order valence-electron chi connectivity index (χ2n) is 11.1. The molecule has 4 amide bonds. The lowest BCUT2D eigenvalue weighted by Gasteiger charge is -2.36. The summed E-state index contributed by atoms with van der Waals surface area (Å²) < 4.78 is 0. The molecule has 2 N–H and O–H groups in total. The van der Waals surface area contributed by atoms with Crippen molar-refractivity contribution >= 4 is 34.4 Å². The van der Waals surface area contributed by atoms with Gasteiger partial charge in [-0.1, -0.05) is 93.8 Å². The van der Waals surface area contributed by atoms with Gasteiger partial charge in [-0.2, -0.15) is 0 Å². The maximum atomic E-state index is 14.3. The predicted octanol–water partition coefficient (Wildman–Crippen LogP) is 6.60. The van der Waals surface area contributed by atoms with Gasteiger partial charge in [0.1, 0.15) is 12.1 Å². The van der Waals surface area contributed by atoms with Crippen molar-refractivity contribution in [2.45, 2.75) is 58.0 Å². The van der Waals surface area contributed by atoms with Crippen LogP contribution in [0.15, 0.2) is 78.9 Å². The molecule has 1 aromatic heterocycles. The fraction of sp³-hybridized carbons (Fsp3) is 0.324. The average Bonchev–Trinajstić information content (AvgIpc) is 3.50. The van der Waals surface area contributed by atoms with Crippen LogP contribution in [-0.4, -0.2) is 40.3 Å². The van der Waals surface area contributed by atoms with E-state index in [0.29, 0.717) is 30.1 Å². The first-order valence-corrected chi connectivity index (χ1v) is 14.7. The van der Waals surface area contributed by atoms with E-state index in [0.717, 1.165) is 53.4 Å². The van der Waals surface area contributed by atoms with Gasteiger partial charge < -0.3 is 10.3 Å². The van der Waals surface area contributed by atoms with Crippen molar-refractivity contribution in [2.75, 3.05) is 11.4 Å². The number of carbonyl (C=O) groups excluding carboxylic acids is 3. The molecule has 0 radical (unpaired) electrons. The zero-order chi connectivity index (χ0) is 28.5. The predicted molar refractivity (Wildman–Crippen MR) is 161 cm³/mol. The molecule has 2 aliphatic rings. The van der Waals surface area contributed by atoms with Crippen LogP contribution < -0.4 is 10.2 Å². The van der Waals surface area contributed by atoms with E-state index in [1.807, 2.05) is 48.5 Å². The average molecular weight is 549 g/mol. The number of anilines is 1. The van der Waals surface area contributed by atoms with Crippen molar-refractivity contribution in [2.24, 2.45) is 5.92 Å². The van der Waals surface area contributed by atoms with E-state index in [4.69, 9.17) is 0 Å². The number of nitrogens with zero attached hydrogens (tertiary/aromatic N) is 2. The van der Waals surface area contributed by atoms with Gasteiger partial charge in [0.2, 0.25) is 0 Å². The molecule has 7 heteroatoms. The molecule has 1 saturated heterocycles. The minimum absolute atomic E-state index is 0.267. The molecule has 3 unspecified atom stereocenters. The summed E-state index contributed by atoms with van der Waals surface area (Å²) in [4.78, 5) is 48.3. The number of hydrogen-bond donors (Lipinski definition) is 2. The summed E-state index contributed by atoms with van der Waals surface area (Å²) in [5, 5.41) is 4.14. The lowest BCUT2D eigenvalue weighted by molar-refractivity contribution is -0.120. The van der Waals surface area contributed by atoms with Gasteiger partial charge >= 0.3 is 6.03 Å². The first-order chi connectivity index (χ1) is 20.0. The van der Waals surface area contributed by atoms with E-state index < -0.39 is 18.1 Å². The van der Waals surface area contributed by atoms with Crippen molar-refractivity contribution in [1.82, 2.24) is 15.2 Å². The highest BCUT2D eigenvalue weighted by atomic mass is 16.2. The third-order valence-corrected chi connectivity index (χ3v) is 8.65. The van der Waals surface area contributed by atoms with E-state index in [2.05, 4.69) is 30.2 Å². The van der Waals surface area contributed by atoms with Gasteiger partial charge in [-0.05, 0) is 41.7 Å². The van der Waals surface area contributed by atoms with Crippen molar-refractivity contribution in [3.05, 3.63) is 101 Å². The lowest BCUT2D eigenvalue weighted by Crippen LogP contribution is -2.44. The Hall–Kier alpha value is -4.39. The maximum Gasteiger partial charge on any atom is 0.332 e. The van der Waals surface area contributed by atoms with Crippen molar-refractivity contribution in [3.63, 3.8) is 0 Å². The molecule has 3 heterocycles. The summed E-state index contributed by atoms with van der Waals surface area (Å²) in [5.41, 5.74) is 4.57. The summed E-state index contributed by atoms with van der Waals surface area (Å²) >= 11 is 0. The van der Waals surface area contributed by atoms with Gasteiger partial charge in [0.05, 0.1) is 11.3 Å². The van der Waals surface area contributed by atoms with Crippen LogP contribution in [0.3, 0.4) is 0 Å². The first-order valence-electron chi connectivity index (χ1n) is 14.7. The van der Waals surface area contributed by atoms with Crippen LogP contribution in [0.2, 0.25) is 0 Å². The second kappa shape index (κ2) is 11.2. The summed E-state index contributed by atoms with van der Waals surface area (Å²) in [6.07, 6.45) is 4.70. The fourth-order valence-corrected chi connectivity index (χ4v) is 6.41. The molecule has 4 aromatic rings. The van der Waals surface area contributed by atoms with E-state index >= 15 is 0 Å². The van der Waals surface area contributed by atoms with Gasteiger partial charge in [-0.15, -0.1) is 0 Å². The molecular weight excluding hydrogens is 512 g/mol. The van der Waals surface area contributed by atoms with Crippen LogP contribution in [-0.2, 0) is 11.2 Å². The number of rotatable bonds is 9. The molecule has 2 aliphatic heterocycles. The van der Waals surface area contributed by atoms with Crippen molar-refractivity contribution in [3.8, 4) is 0 Å². The lowest BCUT2D eigenvalue weighted by atomic mass is 9.89. The third kappa shape index (κ3) is 4.69. The minimum Gasteiger partial charge on any atom is -0.356 e. The molecule has 7 nitrogen and oxygen atoms in total. The highest BCUT2D eigenvalue weighted by Gasteiger charge is 2.53. The Labute approximate surface area is 240 Å². The number of urea groups is 1. The van der Waals surface area contributed by atoms with Crippen molar-refractivity contribution in [1.29, 1.82) is 0 Å². The van der Waals surface area contributed by atoms with E-state index in [1.165, 1.54) is 4.90 Å². The van der Waals surface area contributed by atoms with E-state index in [-0.39, 0.29) is 11.8 Å². The van der Waals surface area contributed by atoms with Gasteiger partial charge in [0, 0.05) is 29.6 Å². The number of carbonyl (C=O) groups is 3. The Morgan fingerprint density at radius 1 is 0.976 bits per heavy atom. The number of unbranched alkanes of at least 4 members (excludes halogenated alkanes) is 1. The standard InChI is InChI=1S/C34H36N4O3/c1-3-5-13-22(4-2)21-35-32(39)25-17-10-12-19-28(25)38-33(40)29-20-26-24-16-9-11-18-27(24)36-30(26)31(37(29)34(38)41)23-14-7-6-8-15-23/h6-12,14-19,22,29,31,36H,3-5,13,20-21H2,1-2H3,(H,35,39). The Morgan fingerprint density at radius 2 is 1.71 bits per heavy atom. The Kier molecular flexibility index (Phi) is 7.35. The monoisotopic (exact) mass is 548 g/mol. The Bertz CT molecular complexity index is 1590. The Morgan fingerprint density at radius 3 is 2.49 bits per heavy atom. The maximum absolute atomic E-state index is 14.3. The summed E-state index contributed by atoms with van der Waals surface area (Å²) in [6.45, 7) is 4.87. The molecule has 0 bridgehead atoms. The molecule has 6 rings (SSSR count). The number of hydrogen-bond acceptors (Lipinski definition) is 3. The van der Waals surface area contributed by atoms with E-state index in [9.17, 15) is 14.4 Å². The normalized spacial score (nSPS) is 18.9. The molecule has 210 valence electrons. The smallest absolute Gasteiger partial charge is 0.332 e. The minimum atomic E-state index is -0.672. The number of para-hydroxylation sites is 2.